The lowest BCUT2D eigenvalue weighted by molar-refractivity contribution is 0.0795. The van der Waals surface area contributed by atoms with Crippen molar-refractivity contribution in [3.63, 3.8) is 0 Å². The van der Waals surface area contributed by atoms with E-state index in [1.54, 1.807) is 11.7 Å². The van der Waals surface area contributed by atoms with Gasteiger partial charge >= 0.3 is 0 Å². The van der Waals surface area contributed by atoms with Crippen molar-refractivity contribution >= 4 is 0 Å². The summed E-state index contributed by atoms with van der Waals surface area (Å²) in [6, 6.07) is 7.64. The number of methoxy groups -OCH3 is 1. The maximum absolute atomic E-state index is 10.1. The molecule has 94 valence electrons. The molecular weight excluding hydrogens is 230 g/mol. The quantitative estimate of drug-likeness (QED) is 0.876. The maximum atomic E-state index is 10.1. The van der Waals surface area contributed by atoms with Crippen LogP contribution in [0.15, 0.2) is 24.3 Å². The van der Waals surface area contributed by atoms with Gasteiger partial charge in [-0.25, -0.2) is 0 Å². The summed E-state index contributed by atoms with van der Waals surface area (Å²) < 4.78 is 7.14. The Hall–Kier alpha value is -1.88. The average Bonchev–Trinajstić information content (AvgIpc) is 2.84. The zero-order chi connectivity index (χ0) is 12.5. The molecule has 1 atom stereocenters. The third-order valence-corrected chi connectivity index (χ3v) is 3.28. The molecule has 1 aromatic heterocycles. The zero-order valence-electron chi connectivity index (χ0n) is 10.2. The standard InChI is InChI=1S/C13H15N3O2/c1-18-10-6-3-2-5-9(10)13-15-14-11-7-4-8-12(17)16(11)13/h2-3,5-6,12,17H,4,7-8H2,1H3. The molecule has 5 nitrogen and oxygen atoms in total. The van der Waals surface area contributed by atoms with Crippen molar-refractivity contribution < 1.29 is 9.84 Å². The van der Waals surface area contributed by atoms with E-state index in [2.05, 4.69) is 10.2 Å². The minimum absolute atomic E-state index is 0.538. The van der Waals surface area contributed by atoms with Crippen LogP contribution in [-0.4, -0.2) is 27.0 Å². The topological polar surface area (TPSA) is 60.2 Å². The Kier molecular flexibility index (Phi) is 2.76. The Morgan fingerprint density at radius 1 is 1.33 bits per heavy atom. The van der Waals surface area contributed by atoms with Crippen LogP contribution in [0.1, 0.15) is 24.9 Å². The summed E-state index contributed by atoms with van der Waals surface area (Å²) in [5, 5.41) is 18.5. The molecule has 3 rings (SSSR count). The molecule has 18 heavy (non-hydrogen) atoms. The van der Waals surface area contributed by atoms with E-state index in [4.69, 9.17) is 4.74 Å². The number of aliphatic hydroxyl groups excluding tert-OH is 1. The Balaban J connectivity index is 2.15. The first kappa shape index (κ1) is 11.2. The Morgan fingerprint density at radius 2 is 2.17 bits per heavy atom. The van der Waals surface area contributed by atoms with Gasteiger partial charge < -0.3 is 9.84 Å². The fraction of sp³-hybridized carbons (Fsp3) is 0.385. The van der Waals surface area contributed by atoms with E-state index in [0.717, 1.165) is 36.4 Å². The molecule has 1 aliphatic heterocycles. The molecule has 0 saturated heterocycles. The smallest absolute Gasteiger partial charge is 0.169 e. The SMILES string of the molecule is COc1ccccc1-c1nnc2n1C(O)CCC2. The molecule has 0 radical (unpaired) electrons. The summed E-state index contributed by atoms with van der Waals surface area (Å²) in [6.45, 7) is 0. The highest BCUT2D eigenvalue weighted by atomic mass is 16.5. The molecule has 5 heteroatoms. The number of para-hydroxylation sites is 1. The molecule has 1 aromatic carbocycles. The van der Waals surface area contributed by atoms with Crippen molar-refractivity contribution in [2.24, 2.45) is 0 Å². The first-order valence-electron chi connectivity index (χ1n) is 6.06. The van der Waals surface area contributed by atoms with Crippen LogP contribution in [0, 0.1) is 0 Å². The Bertz CT molecular complexity index is 565. The molecule has 1 unspecified atom stereocenters. The highest BCUT2D eigenvalue weighted by molar-refractivity contribution is 5.64. The third kappa shape index (κ3) is 1.67. The number of hydrogen-bond acceptors (Lipinski definition) is 4. The molecule has 2 heterocycles. The predicted octanol–water partition coefficient (Wildman–Crippen LogP) is 1.78. The zero-order valence-corrected chi connectivity index (χ0v) is 10.2. The highest BCUT2D eigenvalue weighted by Crippen LogP contribution is 2.33. The second kappa shape index (κ2) is 4.42. The minimum Gasteiger partial charge on any atom is -0.496 e. The molecule has 1 N–H and O–H groups in total. The van der Waals surface area contributed by atoms with E-state index < -0.39 is 6.23 Å². The van der Waals surface area contributed by atoms with E-state index in [1.807, 2.05) is 24.3 Å². The molecule has 0 aliphatic carbocycles. The summed E-state index contributed by atoms with van der Waals surface area (Å²) >= 11 is 0. The van der Waals surface area contributed by atoms with Crippen molar-refractivity contribution in [3.05, 3.63) is 30.1 Å². The van der Waals surface area contributed by atoms with Crippen molar-refractivity contribution in [1.82, 2.24) is 14.8 Å². The third-order valence-electron chi connectivity index (χ3n) is 3.28. The van der Waals surface area contributed by atoms with E-state index in [-0.39, 0.29) is 0 Å². The van der Waals surface area contributed by atoms with Gasteiger partial charge in [0.15, 0.2) is 5.82 Å². The number of aryl methyl sites for hydroxylation is 1. The lowest BCUT2D eigenvalue weighted by Crippen LogP contribution is -2.18. The van der Waals surface area contributed by atoms with Crippen LogP contribution in [0.4, 0.5) is 0 Å². The number of hydrogen-bond donors (Lipinski definition) is 1. The molecule has 0 bridgehead atoms. The van der Waals surface area contributed by atoms with Crippen LogP contribution in [0.3, 0.4) is 0 Å². The van der Waals surface area contributed by atoms with Crippen LogP contribution in [0.25, 0.3) is 11.4 Å². The number of fused-ring (bicyclic) bond motifs is 1. The number of nitrogens with zero attached hydrogens (tertiary/aromatic N) is 3. The monoisotopic (exact) mass is 245 g/mol. The van der Waals surface area contributed by atoms with Crippen molar-refractivity contribution in [2.45, 2.75) is 25.5 Å². The fourth-order valence-electron chi connectivity index (χ4n) is 2.39. The molecule has 2 aromatic rings. The van der Waals surface area contributed by atoms with Gasteiger partial charge in [0.25, 0.3) is 0 Å². The molecule has 0 amide bonds. The molecule has 0 fully saturated rings. The van der Waals surface area contributed by atoms with Crippen LogP contribution in [-0.2, 0) is 6.42 Å². The van der Waals surface area contributed by atoms with Gasteiger partial charge in [-0.3, -0.25) is 4.57 Å². The van der Waals surface area contributed by atoms with E-state index in [1.165, 1.54) is 0 Å². The van der Waals surface area contributed by atoms with Gasteiger partial charge in [0.05, 0.1) is 12.7 Å². The van der Waals surface area contributed by atoms with Crippen LogP contribution < -0.4 is 4.74 Å². The van der Waals surface area contributed by atoms with Crippen LogP contribution in [0.2, 0.25) is 0 Å². The summed E-state index contributed by atoms with van der Waals surface area (Å²) in [6.07, 6.45) is 2.01. The average molecular weight is 245 g/mol. The van der Waals surface area contributed by atoms with Crippen molar-refractivity contribution in [2.75, 3.05) is 7.11 Å². The van der Waals surface area contributed by atoms with E-state index in [0.29, 0.717) is 5.82 Å². The second-order valence-electron chi connectivity index (χ2n) is 4.38. The van der Waals surface area contributed by atoms with Crippen molar-refractivity contribution in [3.8, 4) is 17.1 Å². The summed E-state index contributed by atoms with van der Waals surface area (Å²) in [5.74, 6) is 2.26. The molecule has 0 spiro atoms. The van der Waals surface area contributed by atoms with Gasteiger partial charge in [-0.05, 0) is 25.0 Å². The summed E-state index contributed by atoms with van der Waals surface area (Å²) in [5.41, 5.74) is 0.861. The van der Waals surface area contributed by atoms with E-state index in [9.17, 15) is 5.11 Å². The molecular formula is C13H15N3O2. The molecule has 1 aliphatic rings. The van der Waals surface area contributed by atoms with E-state index >= 15 is 0 Å². The van der Waals surface area contributed by atoms with Gasteiger partial charge in [0.2, 0.25) is 0 Å². The summed E-state index contributed by atoms with van der Waals surface area (Å²) in [4.78, 5) is 0. The number of rotatable bonds is 2. The predicted molar refractivity (Wildman–Crippen MR) is 66.2 cm³/mol. The first-order valence-corrected chi connectivity index (χ1v) is 6.06. The van der Waals surface area contributed by atoms with Gasteiger partial charge in [0.1, 0.15) is 17.8 Å². The fourth-order valence-corrected chi connectivity index (χ4v) is 2.39. The summed E-state index contributed by atoms with van der Waals surface area (Å²) in [7, 11) is 1.63. The number of ether oxygens (including phenoxy) is 1. The van der Waals surface area contributed by atoms with Gasteiger partial charge in [-0.2, -0.15) is 0 Å². The Morgan fingerprint density at radius 3 is 3.00 bits per heavy atom. The van der Waals surface area contributed by atoms with Gasteiger partial charge in [-0.15, -0.1) is 10.2 Å². The number of aliphatic hydroxyl groups is 1. The highest BCUT2D eigenvalue weighted by Gasteiger charge is 2.24. The first-order chi connectivity index (χ1) is 8.81. The second-order valence-corrected chi connectivity index (χ2v) is 4.38. The lowest BCUT2D eigenvalue weighted by atomic mass is 10.1. The van der Waals surface area contributed by atoms with Crippen molar-refractivity contribution in [1.29, 1.82) is 0 Å². The van der Waals surface area contributed by atoms with Gasteiger partial charge in [-0.1, -0.05) is 12.1 Å². The maximum Gasteiger partial charge on any atom is 0.169 e. The van der Waals surface area contributed by atoms with Crippen LogP contribution in [0.5, 0.6) is 5.75 Å². The van der Waals surface area contributed by atoms with Crippen LogP contribution >= 0.6 is 0 Å². The molecule has 0 saturated carbocycles. The minimum atomic E-state index is -0.538. The largest absolute Gasteiger partial charge is 0.496 e. The van der Waals surface area contributed by atoms with Gasteiger partial charge in [0, 0.05) is 6.42 Å². The normalized spacial score (nSPS) is 18.4. The number of benzene rings is 1. The Labute approximate surface area is 105 Å². The number of aromatic nitrogens is 3. The lowest BCUT2D eigenvalue weighted by Gasteiger charge is -2.21.